The van der Waals surface area contributed by atoms with Crippen LogP contribution < -0.4 is 5.32 Å². The van der Waals surface area contributed by atoms with E-state index in [9.17, 15) is 4.79 Å². The normalized spacial score (nSPS) is 23.3. The molecule has 0 aromatic heterocycles. The molecule has 0 radical (unpaired) electrons. The maximum absolute atomic E-state index is 12.1. The number of nitrogens with one attached hydrogen (secondary N) is 1. The summed E-state index contributed by atoms with van der Waals surface area (Å²) in [5.41, 5.74) is 0.297. The molecule has 2 saturated heterocycles. The summed E-state index contributed by atoms with van der Waals surface area (Å²) in [6, 6.07) is 0. The number of nitrogens with zero attached hydrogens (tertiary/aromatic N) is 2. The van der Waals surface area contributed by atoms with Gasteiger partial charge in [0.1, 0.15) is 0 Å². The fraction of sp³-hybridized carbons (Fsp3) is 0.929. The highest BCUT2D eigenvalue weighted by Gasteiger charge is 2.43. The molecule has 2 rings (SSSR count). The Labute approximate surface area is 111 Å². The van der Waals surface area contributed by atoms with Crippen LogP contribution in [0.25, 0.3) is 0 Å². The van der Waals surface area contributed by atoms with Crippen molar-refractivity contribution in [3.8, 4) is 0 Å². The molecule has 0 aromatic rings. The minimum Gasteiger partial charge on any atom is -0.341 e. The van der Waals surface area contributed by atoms with Gasteiger partial charge in [-0.3, -0.25) is 4.79 Å². The molecule has 0 atom stereocenters. The van der Waals surface area contributed by atoms with Crippen LogP contribution in [0.15, 0.2) is 0 Å². The van der Waals surface area contributed by atoms with Gasteiger partial charge in [-0.2, -0.15) is 0 Å². The van der Waals surface area contributed by atoms with Gasteiger partial charge in [-0.1, -0.05) is 13.8 Å². The van der Waals surface area contributed by atoms with Crippen LogP contribution in [0.2, 0.25) is 0 Å². The Morgan fingerprint density at radius 2 is 1.94 bits per heavy atom. The molecule has 0 bridgehead atoms. The smallest absolute Gasteiger partial charge is 0.223 e. The van der Waals surface area contributed by atoms with Gasteiger partial charge in [0.2, 0.25) is 5.91 Å². The number of piperidine rings is 1. The molecule has 4 heteroatoms. The molecule has 0 aromatic carbocycles. The predicted octanol–water partition coefficient (Wildman–Crippen LogP) is 0.930. The van der Waals surface area contributed by atoms with Crippen molar-refractivity contribution < 1.29 is 4.79 Å². The van der Waals surface area contributed by atoms with Gasteiger partial charge in [0, 0.05) is 26.1 Å². The van der Waals surface area contributed by atoms with Gasteiger partial charge in [0.15, 0.2) is 0 Å². The zero-order valence-electron chi connectivity index (χ0n) is 11.9. The zero-order chi connectivity index (χ0) is 13.0. The van der Waals surface area contributed by atoms with E-state index >= 15 is 0 Å². The Hall–Kier alpha value is -0.610. The van der Waals surface area contributed by atoms with Gasteiger partial charge >= 0.3 is 0 Å². The summed E-state index contributed by atoms with van der Waals surface area (Å²) in [5, 5.41) is 3.40. The number of rotatable bonds is 5. The Kier molecular flexibility index (Phi) is 4.62. The van der Waals surface area contributed by atoms with Crippen molar-refractivity contribution in [2.45, 2.75) is 33.1 Å². The van der Waals surface area contributed by atoms with E-state index in [1.54, 1.807) is 0 Å². The first-order chi connectivity index (χ1) is 8.69. The van der Waals surface area contributed by atoms with Crippen LogP contribution in [-0.2, 0) is 4.79 Å². The number of likely N-dealkylation sites (N-methyl/N-ethyl adjacent to an activating group) is 1. The zero-order valence-corrected chi connectivity index (χ0v) is 11.9. The molecular formula is C14H27N3O. The predicted molar refractivity (Wildman–Crippen MR) is 73.5 cm³/mol. The lowest BCUT2D eigenvalue weighted by atomic mass is 9.78. The number of carbonyl (C=O) groups excluding carboxylic acids is 1. The molecule has 2 heterocycles. The molecular weight excluding hydrogens is 226 g/mol. The second-order valence-corrected chi connectivity index (χ2v) is 5.77. The average Bonchev–Trinajstić information content (AvgIpc) is 2.68. The maximum atomic E-state index is 12.1. The molecule has 104 valence electrons. The minimum absolute atomic E-state index is 0.297. The van der Waals surface area contributed by atoms with Crippen molar-refractivity contribution in [1.82, 2.24) is 15.1 Å². The summed E-state index contributed by atoms with van der Waals surface area (Å²) in [5.74, 6) is 0.379. The van der Waals surface area contributed by atoms with Crippen molar-refractivity contribution in [1.29, 1.82) is 0 Å². The molecule has 4 nitrogen and oxygen atoms in total. The fourth-order valence-electron chi connectivity index (χ4n) is 3.28. The maximum Gasteiger partial charge on any atom is 0.223 e. The molecule has 2 aliphatic heterocycles. The first-order valence-electron chi connectivity index (χ1n) is 7.40. The SMILES string of the molecule is CCN(CC)CCN1CC2(CCNCC2)CC1=O. The standard InChI is InChI=1S/C14H27N3O/c1-3-16(4-2)9-10-17-12-14(11-13(17)18)5-7-15-8-6-14/h15H,3-12H2,1-2H3. The topological polar surface area (TPSA) is 35.6 Å². The highest BCUT2D eigenvalue weighted by Crippen LogP contribution is 2.39. The molecule has 1 spiro atoms. The van der Waals surface area contributed by atoms with Crippen LogP contribution in [0.1, 0.15) is 33.1 Å². The summed E-state index contributed by atoms with van der Waals surface area (Å²) >= 11 is 0. The average molecular weight is 253 g/mol. The minimum atomic E-state index is 0.297. The van der Waals surface area contributed by atoms with E-state index in [0.29, 0.717) is 11.3 Å². The van der Waals surface area contributed by atoms with Crippen LogP contribution in [-0.4, -0.2) is 61.5 Å². The van der Waals surface area contributed by atoms with Gasteiger partial charge < -0.3 is 15.1 Å². The van der Waals surface area contributed by atoms with Crippen molar-refractivity contribution in [3.63, 3.8) is 0 Å². The van der Waals surface area contributed by atoms with Gasteiger partial charge in [-0.25, -0.2) is 0 Å². The van der Waals surface area contributed by atoms with Gasteiger partial charge in [-0.05, 0) is 44.4 Å². The van der Waals surface area contributed by atoms with Crippen LogP contribution in [0, 0.1) is 5.41 Å². The Bertz CT molecular complexity index is 283. The number of hydrogen-bond acceptors (Lipinski definition) is 3. The van der Waals surface area contributed by atoms with Crippen molar-refractivity contribution in [2.24, 2.45) is 5.41 Å². The van der Waals surface area contributed by atoms with Crippen molar-refractivity contribution in [2.75, 3.05) is 45.8 Å². The second-order valence-electron chi connectivity index (χ2n) is 5.77. The third-order valence-corrected chi connectivity index (χ3v) is 4.65. The van der Waals surface area contributed by atoms with E-state index in [-0.39, 0.29) is 0 Å². The third-order valence-electron chi connectivity index (χ3n) is 4.65. The van der Waals surface area contributed by atoms with E-state index in [0.717, 1.165) is 52.2 Å². The largest absolute Gasteiger partial charge is 0.341 e. The molecule has 2 aliphatic rings. The van der Waals surface area contributed by atoms with E-state index in [1.807, 2.05) is 0 Å². The number of likely N-dealkylation sites (tertiary alicyclic amines) is 1. The molecule has 0 saturated carbocycles. The van der Waals surface area contributed by atoms with E-state index in [2.05, 4.69) is 29.0 Å². The highest BCUT2D eigenvalue weighted by molar-refractivity contribution is 5.79. The van der Waals surface area contributed by atoms with Gasteiger partial charge in [-0.15, -0.1) is 0 Å². The van der Waals surface area contributed by atoms with Crippen molar-refractivity contribution in [3.05, 3.63) is 0 Å². The molecule has 2 fully saturated rings. The fourth-order valence-corrected chi connectivity index (χ4v) is 3.28. The van der Waals surface area contributed by atoms with Crippen molar-refractivity contribution >= 4 is 5.91 Å². The number of amides is 1. The lowest BCUT2D eigenvalue weighted by Gasteiger charge is -2.33. The first-order valence-corrected chi connectivity index (χ1v) is 7.40. The Morgan fingerprint density at radius 1 is 1.28 bits per heavy atom. The van der Waals surface area contributed by atoms with Crippen LogP contribution >= 0.6 is 0 Å². The Balaban J connectivity index is 1.85. The summed E-state index contributed by atoms with van der Waals surface area (Å²) in [4.78, 5) is 16.6. The molecule has 1 N–H and O–H groups in total. The highest BCUT2D eigenvalue weighted by atomic mass is 16.2. The van der Waals surface area contributed by atoms with Crippen LogP contribution in [0.3, 0.4) is 0 Å². The second kappa shape index (κ2) is 6.02. The number of carbonyl (C=O) groups is 1. The first kappa shape index (κ1) is 13.8. The summed E-state index contributed by atoms with van der Waals surface area (Å²) in [7, 11) is 0. The molecule has 18 heavy (non-hydrogen) atoms. The number of hydrogen-bond donors (Lipinski definition) is 1. The van der Waals surface area contributed by atoms with Gasteiger partial charge in [0.05, 0.1) is 0 Å². The summed E-state index contributed by atoms with van der Waals surface area (Å²) < 4.78 is 0. The quantitative estimate of drug-likeness (QED) is 0.792. The monoisotopic (exact) mass is 253 g/mol. The van der Waals surface area contributed by atoms with E-state index < -0.39 is 0 Å². The lowest BCUT2D eigenvalue weighted by Crippen LogP contribution is -2.40. The summed E-state index contributed by atoms with van der Waals surface area (Å²) in [6.45, 7) is 11.6. The van der Waals surface area contributed by atoms with Gasteiger partial charge in [0.25, 0.3) is 0 Å². The summed E-state index contributed by atoms with van der Waals surface area (Å²) in [6.07, 6.45) is 3.12. The van der Waals surface area contributed by atoms with Crippen LogP contribution in [0.4, 0.5) is 0 Å². The third kappa shape index (κ3) is 3.04. The van der Waals surface area contributed by atoms with Crippen LogP contribution in [0.5, 0.6) is 0 Å². The van der Waals surface area contributed by atoms with E-state index in [4.69, 9.17) is 0 Å². The Morgan fingerprint density at radius 3 is 2.56 bits per heavy atom. The molecule has 0 aliphatic carbocycles. The molecule has 0 unspecified atom stereocenters. The lowest BCUT2D eigenvalue weighted by molar-refractivity contribution is -0.128. The molecule has 1 amide bonds. The van der Waals surface area contributed by atoms with E-state index in [1.165, 1.54) is 12.8 Å².